The number of aromatic nitrogens is 4. The number of thioether (sulfide) groups is 1. The molecule has 0 spiro atoms. The lowest BCUT2D eigenvalue weighted by Gasteiger charge is -2.33. The molecule has 1 atom stereocenters. The van der Waals surface area contributed by atoms with Gasteiger partial charge in [0.25, 0.3) is 0 Å². The largest absolute Gasteiger partial charge is 0.353 e. The number of piperidine rings is 1. The van der Waals surface area contributed by atoms with Crippen molar-refractivity contribution in [3.05, 3.63) is 0 Å². The van der Waals surface area contributed by atoms with Crippen molar-refractivity contribution in [2.24, 2.45) is 5.92 Å². The van der Waals surface area contributed by atoms with Crippen molar-refractivity contribution >= 4 is 23.6 Å². The van der Waals surface area contributed by atoms with Gasteiger partial charge in [0.1, 0.15) is 0 Å². The first-order chi connectivity index (χ1) is 13.2. The van der Waals surface area contributed by atoms with Crippen molar-refractivity contribution < 1.29 is 9.59 Å². The molecule has 0 bridgehead atoms. The van der Waals surface area contributed by atoms with E-state index in [0.29, 0.717) is 24.4 Å². The minimum atomic E-state index is -0.0774. The topological polar surface area (TPSA) is 93.0 Å². The van der Waals surface area contributed by atoms with Crippen LogP contribution in [0.15, 0.2) is 5.16 Å². The van der Waals surface area contributed by atoms with E-state index in [1.165, 1.54) is 31.0 Å². The van der Waals surface area contributed by atoms with Crippen LogP contribution in [-0.2, 0) is 9.59 Å². The Morgan fingerprint density at radius 2 is 1.89 bits per heavy atom. The summed E-state index contributed by atoms with van der Waals surface area (Å²) in [5.41, 5.74) is 0. The Morgan fingerprint density at radius 1 is 1.07 bits per heavy atom. The van der Waals surface area contributed by atoms with Gasteiger partial charge in [-0.15, -0.1) is 5.10 Å². The molecule has 4 rings (SSSR count). The van der Waals surface area contributed by atoms with E-state index in [2.05, 4.69) is 20.8 Å². The van der Waals surface area contributed by atoms with Crippen LogP contribution < -0.4 is 5.32 Å². The predicted octanol–water partition coefficient (Wildman–Crippen LogP) is 1.79. The van der Waals surface area contributed by atoms with E-state index in [-0.39, 0.29) is 17.7 Å². The van der Waals surface area contributed by atoms with E-state index in [9.17, 15) is 9.59 Å². The summed E-state index contributed by atoms with van der Waals surface area (Å²) >= 11 is 1.40. The number of nitrogens with zero attached hydrogens (tertiary/aromatic N) is 5. The maximum absolute atomic E-state index is 12.6. The highest BCUT2D eigenvalue weighted by molar-refractivity contribution is 7.99. The Kier molecular flexibility index (Phi) is 5.95. The predicted molar refractivity (Wildman–Crippen MR) is 101 cm³/mol. The van der Waals surface area contributed by atoms with Crippen LogP contribution in [-0.4, -0.2) is 61.8 Å². The summed E-state index contributed by atoms with van der Waals surface area (Å²) < 4.78 is 1.83. The van der Waals surface area contributed by atoms with Crippen LogP contribution in [0.1, 0.15) is 63.8 Å². The van der Waals surface area contributed by atoms with Crippen molar-refractivity contribution in [3.8, 4) is 0 Å². The smallest absolute Gasteiger partial charge is 0.233 e. The maximum Gasteiger partial charge on any atom is 0.233 e. The zero-order valence-corrected chi connectivity index (χ0v) is 16.5. The van der Waals surface area contributed by atoms with Crippen molar-refractivity contribution in [2.75, 3.05) is 18.8 Å². The summed E-state index contributed by atoms with van der Waals surface area (Å²) in [6, 6.07) is 0.731. The minimum absolute atomic E-state index is 0.0699. The Morgan fingerprint density at radius 3 is 2.67 bits per heavy atom. The molecule has 27 heavy (non-hydrogen) atoms. The average Bonchev–Trinajstić information content (AvgIpc) is 3.44. The van der Waals surface area contributed by atoms with Gasteiger partial charge in [-0.3, -0.25) is 9.59 Å². The van der Waals surface area contributed by atoms with Gasteiger partial charge in [0.15, 0.2) is 0 Å². The maximum atomic E-state index is 12.6. The van der Waals surface area contributed by atoms with Crippen molar-refractivity contribution in [1.82, 2.24) is 30.4 Å². The Hall–Kier alpha value is -1.64. The molecule has 1 aromatic rings. The highest BCUT2D eigenvalue weighted by Crippen LogP contribution is 2.36. The lowest BCUT2D eigenvalue weighted by atomic mass is 9.93. The zero-order valence-electron chi connectivity index (χ0n) is 15.7. The Labute approximate surface area is 163 Å². The van der Waals surface area contributed by atoms with Crippen LogP contribution in [0.3, 0.4) is 0 Å². The van der Waals surface area contributed by atoms with Crippen LogP contribution in [0.25, 0.3) is 0 Å². The molecule has 1 saturated heterocycles. The molecular formula is C18H28N6O2S. The van der Waals surface area contributed by atoms with E-state index < -0.39 is 0 Å². The van der Waals surface area contributed by atoms with Crippen LogP contribution in [0.4, 0.5) is 0 Å². The second-order valence-corrected chi connectivity index (χ2v) is 8.89. The highest BCUT2D eigenvalue weighted by Gasteiger charge is 2.31. The summed E-state index contributed by atoms with van der Waals surface area (Å²) in [6.07, 6.45) is 9.84. The van der Waals surface area contributed by atoms with Gasteiger partial charge in [-0.25, -0.2) is 4.68 Å². The van der Waals surface area contributed by atoms with Gasteiger partial charge < -0.3 is 10.2 Å². The quantitative estimate of drug-likeness (QED) is 0.742. The number of amides is 2. The molecule has 1 unspecified atom stereocenters. The lowest BCUT2D eigenvalue weighted by Crippen LogP contribution is -2.48. The van der Waals surface area contributed by atoms with E-state index in [0.717, 1.165) is 50.2 Å². The molecule has 148 valence electrons. The van der Waals surface area contributed by atoms with Crippen LogP contribution in [0.2, 0.25) is 0 Å². The monoisotopic (exact) mass is 392 g/mol. The van der Waals surface area contributed by atoms with Gasteiger partial charge >= 0.3 is 0 Å². The molecule has 2 aliphatic carbocycles. The number of rotatable bonds is 6. The van der Waals surface area contributed by atoms with Gasteiger partial charge in [0, 0.05) is 19.1 Å². The second-order valence-electron chi connectivity index (χ2n) is 7.95. The first kappa shape index (κ1) is 18.7. The number of carbonyl (C=O) groups excluding carboxylic acids is 2. The summed E-state index contributed by atoms with van der Waals surface area (Å²) in [6.45, 7) is 1.27. The number of carbonyl (C=O) groups is 2. The summed E-state index contributed by atoms with van der Waals surface area (Å²) in [7, 11) is 0. The Bertz CT molecular complexity index is 671. The van der Waals surface area contributed by atoms with Gasteiger partial charge in [-0.05, 0) is 49.0 Å². The van der Waals surface area contributed by atoms with E-state index >= 15 is 0 Å². The second kappa shape index (κ2) is 8.58. The molecule has 0 aromatic carbocycles. The summed E-state index contributed by atoms with van der Waals surface area (Å²) in [5, 5.41) is 15.7. The normalized spacial score (nSPS) is 24.0. The zero-order chi connectivity index (χ0) is 18.6. The van der Waals surface area contributed by atoms with E-state index in [4.69, 9.17) is 0 Å². The SMILES string of the molecule is O=C(NC1CCCCC1)C1CCCN(C(=O)CSc2nnnn2C2CC2)C1. The van der Waals surface area contributed by atoms with Crippen LogP contribution in [0, 0.1) is 5.92 Å². The molecule has 8 nitrogen and oxygen atoms in total. The number of nitrogens with one attached hydrogen (secondary N) is 1. The van der Waals surface area contributed by atoms with Gasteiger partial charge in [-0.2, -0.15) is 0 Å². The fraction of sp³-hybridized carbons (Fsp3) is 0.833. The van der Waals surface area contributed by atoms with Gasteiger partial charge in [0.2, 0.25) is 17.0 Å². The third-order valence-corrected chi connectivity index (χ3v) is 6.69. The van der Waals surface area contributed by atoms with E-state index in [1.807, 2.05) is 9.58 Å². The molecule has 1 aliphatic heterocycles. The third kappa shape index (κ3) is 4.80. The molecule has 2 heterocycles. The molecule has 3 fully saturated rings. The highest BCUT2D eigenvalue weighted by atomic mass is 32.2. The van der Waals surface area contributed by atoms with Gasteiger partial charge in [0.05, 0.1) is 17.7 Å². The first-order valence-electron chi connectivity index (χ1n) is 10.2. The van der Waals surface area contributed by atoms with E-state index in [1.54, 1.807) is 0 Å². The average molecular weight is 393 g/mol. The molecule has 9 heteroatoms. The lowest BCUT2D eigenvalue weighted by molar-refractivity contribution is -0.134. The molecule has 3 aliphatic rings. The Balaban J connectivity index is 1.26. The summed E-state index contributed by atoms with van der Waals surface area (Å²) in [4.78, 5) is 27.1. The van der Waals surface area contributed by atoms with Gasteiger partial charge in [-0.1, -0.05) is 31.0 Å². The number of hydrogen-bond acceptors (Lipinski definition) is 6. The van der Waals surface area contributed by atoms with Crippen molar-refractivity contribution in [3.63, 3.8) is 0 Å². The number of tetrazole rings is 1. The van der Waals surface area contributed by atoms with Crippen molar-refractivity contribution in [1.29, 1.82) is 0 Å². The third-order valence-electron chi connectivity index (χ3n) is 5.78. The molecule has 2 amide bonds. The number of hydrogen-bond donors (Lipinski definition) is 1. The first-order valence-corrected chi connectivity index (χ1v) is 11.2. The molecule has 0 radical (unpaired) electrons. The fourth-order valence-electron chi connectivity index (χ4n) is 4.03. The van der Waals surface area contributed by atoms with Crippen LogP contribution in [0.5, 0.6) is 0 Å². The molecule has 1 N–H and O–H groups in total. The summed E-state index contributed by atoms with van der Waals surface area (Å²) in [5.74, 6) is 0.445. The number of likely N-dealkylation sites (tertiary alicyclic amines) is 1. The molecular weight excluding hydrogens is 364 g/mol. The minimum Gasteiger partial charge on any atom is -0.353 e. The molecule has 1 aromatic heterocycles. The standard InChI is InChI=1S/C18H28N6O2S/c25-16(12-27-18-20-21-22-24(18)15-8-9-15)23-10-4-5-13(11-23)17(26)19-14-6-2-1-3-7-14/h13-15H,1-12H2,(H,19,26). The van der Waals surface area contributed by atoms with Crippen LogP contribution >= 0.6 is 11.8 Å². The fourth-order valence-corrected chi connectivity index (χ4v) is 4.88. The van der Waals surface area contributed by atoms with Crippen molar-refractivity contribution in [2.45, 2.75) is 75.0 Å². The molecule has 2 saturated carbocycles.